The van der Waals surface area contributed by atoms with Crippen LogP contribution in [-0.2, 0) is 0 Å². The van der Waals surface area contributed by atoms with Gasteiger partial charge in [-0.15, -0.1) is 0 Å². The average molecular weight is 514 g/mol. The van der Waals surface area contributed by atoms with Gasteiger partial charge in [-0.25, -0.2) is 0 Å². The van der Waals surface area contributed by atoms with Crippen molar-refractivity contribution in [2.24, 2.45) is 0 Å². The molecule has 0 N–H and O–H groups in total. The second-order valence-electron chi connectivity index (χ2n) is 12.2. The van der Waals surface area contributed by atoms with Gasteiger partial charge < -0.3 is 0 Å². The van der Waals surface area contributed by atoms with Crippen molar-refractivity contribution < 1.29 is 0 Å². The average Bonchev–Trinajstić information content (AvgIpc) is 2.87. The second kappa shape index (κ2) is 12.1. The summed E-state index contributed by atoms with van der Waals surface area (Å²) in [4.78, 5) is 0. The SMILES string of the molecule is [2H][P+]([2H])(Cl)c1ccccc1-c1c(C(C)C)c(C2CCCCC2)c(C(C)C)c(C2CCCCC2)c1C(C)C. The molecule has 2 aliphatic carbocycles. The summed E-state index contributed by atoms with van der Waals surface area (Å²) < 4.78 is 17.3. The Hall–Kier alpha value is -0.840. The van der Waals surface area contributed by atoms with E-state index in [1.165, 1.54) is 80.9 Å². The molecule has 2 heteroatoms. The summed E-state index contributed by atoms with van der Waals surface area (Å²) in [6, 6.07) is 8.19. The zero-order valence-corrected chi connectivity index (χ0v) is 24.7. The van der Waals surface area contributed by atoms with Crippen molar-refractivity contribution in [2.45, 2.75) is 135 Å². The lowest BCUT2D eigenvalue weighted by molar-refractivity contribution is 0.425. The van der Waals surface area contributed by atoms with Crippen LogP contribution in [0.1, 0.15) is 163 Å². The minimum absolute atomic E-state index is 0.370. The van der Waals surface area contributed by atoms with Crippen LogP contribution in [0, 0.1) is 0 Å². The van der Waals surface area contributed by atoms with Crippen molar-refractivity contribution in [3.05, 3.63) is 52.1 Å². The first-order valence-electron chi connectivity index (χ1n) is 15.4. The highest BCUT2D eigenvalue weighted by molar-refractivity contribution is 7.75. The number of halogens is 1. The van der Waals surface area contributed by atoms with Crippen LogP contribution in [-0.4, -0.2) is 2.56 Å². The van der Waals surface area contributed by atoms with E-state index in [-0.39, 0.29) is 0 Å². The van der Waals surface area contributed by atoms with Gasteiger partial charge in [0.05, 0.1) is 11.2 Å². The maximum atomic E-state index is 8.67. The van der Waals surface area contributed by atoms with Gasteiger partial charge in [0.15, 0.2) is 0 Å². The summed E-state index contributed by atoms with van der Waals surface area (Å²) in [5.74, 6) is 2.45. The Labute approximate surface area is 225 Å². The molecular formula is C33H49ClP+. The third kappa shape index (κ3) is 5.55. The molecule has 2 aromatic rings. The lowest BCUT2D eigenvalue weighted by Gasteiger charge is -2.39. The van der Waals surface area contributed by atoms with Gasteiger partial charge in [-0.1, -0.05) is 98.3 Å². The highest BCUT2D eigenvalue weighted by Gasteiger charge is 2.35. The maximum absolute atomic E-state index is 8.67. The molecule has 0 saturated heterocycles. The van der Waals surface area contributed by atoms with Gasteiger partial charge in [0.25, 0.3) is 2.56 Å². The highest BCUT2D eigenvalue weighted by Crippen LogP contribution is 2.53. The Morgan fingerprint density at radius 2 is 1.11 bits per heavy atom. The minimum atomic E-state index is -3.22. The minimum Gasteiger partial charge on any atom is -0.0614 e. The first-order chi connectivity index (χ1) is 17.5. The van der Waals surface area contributed by atoms with Crippen LogP contribution >= 0.6 is 19.1 Å². The van der Waals surface area contributed by atoms with Crippen molar-refractivity contribution in [1.82, 2.24) is 0 Å². The van der Waals surface area contributed by atoms with Crippen LogP contribution in [0.15, 0.2) is 24.3 Å². The van der Waals surface area contributed by atoms with Gasteiger partial charge in [-0.2, -0.15) is 0 Å². The Morgan fingerprint density at radius 1 is 0.686 bits per heavy atom. The molecule has 0 bridgehead atoms. The van der Waals surface area contributed by atoms with E-state index in [9.17, 15) is 0 Å². The largest absolute Gasteiger partial charge is 0.292 e. The maximum Gasteiger partial charge on any atom is 0.292 e. The van der Waals surface area contributed by atoms with Gasteiger partial charge in [0.2, 0.25) is 0 Å². The van der Waals surface area contributed by atoms with Gasteiger partial charge in [0, 0.05) is 5.56 Å². The normalized spacial score (nSPS) is 19.5. The first-order valence-corrected chi connectivity index (χ1v) is 16.3. The quantitative estimate of drug-likeness (QED) is 0.323. The van der Waals surface area contributed by atoms with Crippen molar-refractivity contribution in [3.63, 3.8) is 0 Å². The molecule has 2 saturated carbocycles. The topological polar surface area (TPSA) is 0 Å². The van der Waals surface area contributed by atoms with E-state index in [0.29, 0.717) is 29.6 Å². The summed E-state index contributed by atoms with van der Waals surface area (Å²) in [6.45, 7) is 14.3. The molecule has 2 aliphatic rings. The summed E-state index contributed by atoms with van der Waals surface area (Å²) in [7, 11) is -3.22. The van der Waals surface area contributed by atoms with Crippen LogP contribution in [0.4, 0.5) is 0 Å². The molecule has 192 valence electrons. The number of hydrogen-bond donors (Lipinski definition) is 0. The predicted molar refractivity (Wildman–Crippen MR) is 161 cm³/mol. The number of hydrogen-bond acceptors (Lipinski definition) is 0. The summed E-state index contributed by atoms with van der Waals surface area (Å²) in [5, 5.41) is 0.724. The zero-order chi connectivity index (χ0) is 26.9. The van der Waals surface area contributed by atoms with E-state index in [4.69, 9.17) is 13.8 Å². The summed E-state index contributed by atoms with van der Waals surface area (Å²) in [6.07, 6.45) is 13.2. The van der Waals surface area contributed by atoms with Crippen molar-refractivity contribution in [2.75, 3.05) is 0 Å². The van der Waals surface area contributed by atoms with Gasteiger partial charge in [-0.3, -0.25) is 0 Å². The molecule has 2 fully saturated rings. The fourth-order valence-electron chi connectivity index (χ4n) is 7.38. The van der Waals surface area contributed by atoms with Crippen molar-refractivity contribution in [3.8, 4) is 11.1 Å². The Morgan fingerprint density at radius 3 is 1.51 bits per heavy atom. The summed E-state index contributed by atoms with van der Waals surface area (Å²) >= 11 is 6.58. The number of benzene rings is 2. The molecule has 2 aromatic carbocycles. The van der Waals surface area contributed by atoms with E-state index in [1.54, 1.807) is 16.7 Å². The van der Waals surface area contributed by atoms with Crippen LogP contribution in [0.25, 0.3) is 11.1 Å². The lowest BCUT2D eigenvalue weighted by Crippen LogP contribution is -2.22. The molecule has 0 aliphatic heterocycles. The lowest BCUT2D eigenvalue weighted by atomic mass is 9.66. The molecule has 0 aromatic heterocycles. The monoisotopic (exact) mass is 513 g/mol. The zero-order valence-electron chi connectivity index (χ0n) is 25.1. The third-order valence-corrected chi connectivity index (χ3v) is 9.84. The van der Waals surface area contributed by atoms with Crippen LogP contribution in [0.2, 0.25) is 0 Å². The van der Waals surface area contributed by atoms with E-state index in [1.807, 2.05) is 12.1 Å². The summed E-state index contributed by atoms with van der Waals surface area (Å²) in [5.41, 5.74) is 10.4. The number of rotatable bonds is 7. The van der Waals surface area contributed by atoms with Gasteiger partial charge >= 0.3 is 0 Å². The van der Waals surface area contributed by atoms with Crippen LogP contribution in [0.3, 0.4) is 0 Å². The van der Waals surface area contributed by atoms with Crippen molar-refractivity contribution in [1.29, 1.82) is 2.56 Å². The van der Waals surface area contributed by atoms with Crippen LogP contribution < -0.4 is 5.30 Å². The molecule has 0 radical (unpaired) electrons. The predicted octanol–water partition coefficient (Wildman–Crippen LogP) is 11.0. The van der Waals surface area contributed by atoms with Crippen molar-refractivity contribution >= 4 is 24.4 Å². The van der Waals surface area contributed by atoms with Gasteiger partial charge in [0.1, 0.15) is 13.1 Å². The fraction of sp³-hybridized carbons (Fsp3) is 0.636. The first kappa shape index (κ1) is 24.5. The second-order valence-corrected chi connectivity index (χ2v) is 13.3. The fourth-order valence-corrected chi connectivity index (χ4v) is 8.24. The Kier molecular flexibility index (Phi) is 8.49. The molecule has 0 spiro atoms. The Balaban J connectivity index is 2.22. The standard InChI is InChI=1S/C33H48ClP/c1-21(2)28-31(24-15-9-7-10-16-24)29(22(3)4)33(26-19-13-14-20-27(26)35-34)30(23(5)6)32(28)25-17-11-8-12-18-25/h13-14,19-25,35H,7-12,15-18H2,1-6H3/p+1/i35D/hD. The smallest absolute Gasteiger partial charge is 0.0614 e. The molecule has 0 amide bonds. The third-order valence-electron chi connectivity index (χ3n) is 8.72. The van der Waals surface area contributed by atoms with E-state index in [2.05, 4.69) is 53.7 Å². The van der Waals surface area contributed by atoms with E-state index < -0.39 is 7.82 Å². The highest BCUT2D eigenvalue weighted by atomic mass is 35.7. The molecule has 35 heavy (non-hydrogen) atoms. The van der Waals surface area contributed by atoms with E-state index in [0.717, 1.165) is 10.9 Å². The van der Waals surface area contributed by atoms with Gasteiger partial charge in [-0.05, 0) is 94.7 Å². The van der Waals surface area contributed by atoms with Crippen LogP contribution in [0.5, 0.6) is 0 Å². The molecule has 4 rings (SSSR count). The Bertz CT molecular complexity index is 1020. The van der Waals surface area contributed by atoms with E-state index >= 15 is 0 Å². The molecule has 0 nitrogen and oxygen atoms in total. The molecular weight excluding hydrogens is 463 g/mol. The molecule has 0 atom stereocenters. The molecule has 0 unspecified atom stereocenters. The molecule has 0 heterocycles.